The first kappa shape index (κ1) is 12.8. The molecule has 18 heavy (non-hydrogen) atoms. The van der Waals surface area contributed by atoms with Gasteiger partial charge in [-0.3, -0.25) is 9.59 Å². The van der Waals surface area contributed by atoms with Crippen molar-refractivity contribution in [2.75, 3.05) is 20.1 Å². The third-order valence-corrected chi connectivity index (χ3v) is 3.47. The van der Waals surface area contributed by atoms with Crippen LogP contribution < -0.4 is 10.7 Å². The van der Waals surface area contributed by atoms with Crippen LogP contribution in [0.3, 0.4) is 0 Å². The van der Waals surface area contributed by atoms with Gasteiger partial charge in [0.05, 0.1) is 0 Å². The van der Waals surface area contributed by atoms with Gasteiger partial charge >= 0.3 is 0 Å². The zero-order chi connectivity index (χ0) is 13.1. The first-order valence-electron chi connectivity index (χ1n) is 6.25. The molecule has 0 bridgehead atoms. The van der Waals surface area contributed by atoms with Gasteiger partial charge in [-0.15, -0.1) is 0 Å². The number of carbonyl (C=O) groups excluding carboxylic acids is 1. The molecule has 1 amide bonds. The smallest absolute Gasteiger partial charge is 0.256 e. The highest BCUT2D eigenvalue weighted by molar-refractivity contribution is 5.93. The van der Waals surface area contributed by atoms with Crippen molar-refractivity contribution in [3.05, 3.63) is 33.7 Å². The molecular formula is C13H19N3O2. The molecule has 2 heterocycles. The highest BCUT2D eigenvalue weighted by atomic mass is 16.2. The summed E-state index contributed by atoms with van der Waals surface area (Å²) in [5.74, 6) is -0.295. The molecule has 0 aliphatic carbocycles. The predicted octanol–water partition coefficient (Wildman–Crippen LogP) is 0.507. The number of aromatic amines is 1. The van der Waals surface area contributed by atoms with E-state index in [-0.39, 0.29) is 16.9 Å². The fraction of sp³-hybridized carbons (Fsp3) is 0.538. The number of H-pyrrole nitrogens is 1. The Bertz CT molecular complexity index is 495. The number of rotatable bonds is 3. The third kappa shape index (κ3) is 2.79. The lowest BCUT2D eigenvalue weighted by atomic mass is 10.2. The van der Waals surface area contributed by atoms with Gasteiger partial charge in [0.2, 0.25) is 0 Å². The quantitative estimate of drug-likeness (QED) is 0.820. The number of pyridine rings is 1. The van der Waals surface area contributed by atoms with Crippen molar-refractivity contribution in [1.82, 2.24) is 15.2 Å². The predicted molar refractivity (Wildman–Crippen MR) is 69.8 cm³/mol. The largest absolute Gasteiger partial charge is 0.364 e. The number of nitrogens with zero attached hydrogens (tertiary/aromatic N) is 1. The maximum absolute atomic E-state index is 11.9. The van der Waals surface area contributed by atoms with Crippen LogP contribution in [0.1, 0.15) is 28.9 Å². The van der Waals surface area contributed by atoms with Crippen LogP contribution in [0.2, 0.25) is 0 Å². The molecule has 2 N–H and O–H groups in total. The summed E-state index contributed by atoms with van der Waals surface area (Å²) in [5, 5.41) is 2.83. The molecule has 0 aromatic carbocycles. The average molecular weight is 249 g/mol. The van der Waals surface area contributed by atoms with E-state index < -0.39 is 0 Å². The lowest BCUT2D eigenvalue weighted by Crippen LogP contribution is -2.39. The van der Waals surface area contributed by atoms with E-state index in [9.17, 15) is 9.59 Å². The minimum atomic E-state index is -0.295. The molecule has 0 radical (unpaired) electrons. The number of aryl methyl sites for hydroxylation is 1. The SMILES string of the molecule is Cc1cc(=O)c(C(=O)NCC2CCCN2C)c[nH]1. The van der Waals surface area contributed by atoms with E-state index in [1.54, 1.807) is 6.92 Å². The van der Waals surface area contributed by atoms with E-state index in [4.69, 9.17) is 0 Å². The Morgan fingerprint density at radius 3 is 3.00 bits per heavy atom. The molecule has 5 nitrogen and oxygen atoms in total. The summed E-state index contributed by atoms with van der Waals surface area (Å²) in [6, 6.07) is 1.83. The van der Waals surface area contributed by atoms with E-state index in [0.29, 0.717) is 12.6 Å². The van der Waals surface area contributed by atoms with Crippen molar-refractivity contribution in [3.63, 3.8) is 0 Å². The van der Waals surface area contributed by atoms with Crippen LogP contribution >= 0.6 is 0 Å². The summed E-state index contributed by atoms with van der Waals surface area (Å²) in [6.07, 6.45) is 3.74. The minimum absolute atomic E-state index is 0.182. The van der Waals surface area contributed by atoms with Crippen LogP contribution in [0, 0.1) is 6.92 Å². The van der Waals surface area contributed by atoms with Crippen molar-refractivity contribution in [2.45, 2.75) is 25.8 Å². The van der Waals surface area contributed by atoms with Crippen LogP contribution in [0.5, 0.6) is 0 Å². The van der Waals surface area contributed by atoms with Gasteiger partial charge < -0.3 is 15.2 Å². The second-order valence-corrected chi connectivity index (χ2v) is 4.88. The molecule has 1 aromatic rings. The van der Waals surface area contributed by atoms with Crippen LogP contribution in [-0.4, -0.2) is 42.0 Å². The fourth-order valence-electron chi connectivity index (χ4n) is 2.29. The van der Waals surface area contributed by atoms with Crippen LogP contribution in [0.4, 0.5) is 0 Å². The first-order chi connectivity index (χ1) is 8.58. The van der Waals surface area contributed by atoms with Crippen LogP contribution in [0.15, 0.2) is 17.1 Å². The Morgan fingerprint density at radius 2 is 2.39 bits per heavy atom. The first-order valence-corrected chi connectivity index (χ1v) is 6.25. The molecule has 1 aromatic heterocycles. The van der Waals surface area contributed by atoms with Crippen molar-refractivity contribution in [1.29, 1.82) is 0 Å². The third-order valence-electron chi connectivity index (χ3n) is 3.47. The summed E-state index contributed by atoms with van der Waals surface area (Å²) < 4.78 is 0. The van der Waals surface area contributed by atoms with E-state index in [1.807, 2.05) is 0 Å². The number of amides is 1. The Kier molecular flexibility index (Phi) is 3.81. The number of nitrogens with one attached hydrogen (secondary N) is 2. The fourth-order valence-corrected chi connectivity index (χ4v) is 2.29. The number of likely N-dealkylation sites (tertiary alicyclic amines) is 1. The summed E-state index contributed by atoms with van der Waals surface area (Å²) in [5.41, 5.74) is 0.705. The maximum Gasteiger partial charge on any atom is 0.256 e. The molecular weight excluding hydrogens is 230 g/mol. The molecule has 98 valence electrons. The van der Waals surface area contributed by atoms with Crippen molar-refractivity contribution in [2.24, 2.45) is 0 Å². The molecule has 5 heteroatoms. The highest BCUT2D eigenvalue weighted by Crippen LogP contribution is 2.13. The Morgan fingerprint density at radius 1 is 1.61 bits per heavy atom. The molecule has 1 aliphatic heterocycles. The second-order valence-electron chi connectivity index (χ2n) is 4.88. The van der Waals surface area contributed by atoms with Crippen LogP contribution in [0.25, 0.3) is 0 Å². The van der Waals surface area contributed by atoms with Gasteiger partial charge in [-0.1, -0.05) is 0 Å². The molecule has 2 rings (SSSR count). The molecule has 1 unspecified atom stereocenters. The summed E-state index contributed by atoms with van der Waals surface area (Å²) in [6.45, 7) is 3.46. The van der Waals surface area contributed by atoms with Gasteiger partial charge in [0.25, 0.3) is 5.91 Å². The van der Waals surface area contributed by atoms with E-state index in [1.165, 1.54) is 18.7 Å². The Labute approximate surface area is 106 Å². The van der Waals surface area contributed by atoms with Gasteiger partial charge in [0, 0.05) is 30.5 Å². The molecule has 0 saturated carbocycles. The highest BCUT2D eigenvalue weighted by Gasteiger charge is 2.21. The van der Waals surface area contributed by atoms with Gasteiger partial charge in [-0.25, -0.2) is 0 Å². The topological polar surface area (TPSA) is 65.2 Å². The van der Waals surface area contributed by atoms with Crippen molar-refractivity contribution >= 4 is 5.91 Å². The molecule has 1 fully saturated rings. The van der Waals surface area contributed by atoms with E-state index >= 15 is 0 Å². The van der Waals surface area contributed by atoms with Crippen molar-refractivity contribution in [3.8, 4) is 0 Å². The van der Waals surface area contributed by atoms with E-state index in [0.717, 1.165) is 18.7 Å². The Balaban J connectivity index is 1.97. The summed E-state index contributed by atoms with van der Waals surface area (Å²) in [7, 11) is 2.06. The second kappa shape index (κ2) is 5.35. The minimum Gasteiger partial charge on any atom is -0.364 e. The van der Waals surface area contributed by atoms with E-state index in [2.05, 4.69) is 22.2 Å². The molecule has 0 spiro atoms. The average Bonchev–Trinajstić information content (AvgIpc) is 2.72. The van der Waals surface area contributed by atoms with Gasteiger partial charge in [0.15, 0.2) is 5.43 Å². The zero-order valence-corrected chi connectivity index (χ0v) is 10.8. The maximum atomic E-state index is 11.9. The zero-order valence-electron chi connectivity index (χ0n) is 10.8. The number of aromatic nitrogens is 1. The number of hydrogen-bond acceptors (Lipinski definition) is 3. The summed E-state index contributed by atoms with van der Waals surface area (Å²) in [4.78, 5) is 28.7. The number of hydrogen-bond donors (Lipinski definition) is 2. The van der Waals surface area contributed by atoms with Crippen LogP contribution in [-0.2, 0) is 0 Å². The monoisotopic (exact) mass is 249 g/mol. The lowest BCUT2D eigenvalue weighted by molar-refractivity contribution is 0.0942. The number of likely N-dealkylation sites (N-methyl/N-ethyl adjacent to an activating group) is 1. The number of carbonyl (C=O) groups is 1. The lowest BCUT2D eigenvalue weighted by Gasteiger charge is -2.19. The van der Waals surface area contributed by atoms with Gasteiger partial charge in [0.1, 0.15) is 5.56 Å². The molecule has 1 saturated heterocycles. The van der Waals surface area contributed by atoms with Gasteiger partial charge in [-0.05, 0) is 33.4 Å². The normalized spacial score (nSPS) is 20.0. The van der Waals surface area contributed by atoms with Crippen molar-refractivity contribution < 1.29 is 4.79 Å². The summed E-state index contributed by atoms with van der Waals surface area (Å²) >= 11 is 0. The standard InChI is InChI=1S/C13H19N3O2/c1-9-6-12(17)11(8-14-9)13(18)15-7-10-4-3-5-16(10)2/h6,8,10H,3-5,7H2,1-2H3,(H,14,17)(H,15,18). The Hall–Kier alpha value is -1.62. The van der Waals surface area contributed by atoms with Gasteiger partial charge in [-0.2, -0.15) is 0 Å². The molecule has 1 atom stereocenters. The molecule has 1 aliphatic rings.